The lowest BCUT2D eigenvalue weighted by Crippen LogP contribution is -2.13. The lowest BCUT2D eigenvalue weighted by Gasteiger charge is -2.03. The van der Waals surface area contributed by atoms with Gasteiger partial charge in [0, 0.05) is 5.56 Å². The van der Waals surface area contributed by atoms with Crippen molar-refractivity contribution in [3.8, 4) is 0 Å². The minimum atomic E-state index is 0.594. The van der Waals surface area contributed by atoms with Crippen LogP contribution in [0.3, 0.4) is 0 Å². The van der Waals surface area contributed by atoms with Crippen molar-refractivity contribution in [2.45, 2.75) is 20.4 Å². The fourth-order valence-corrected chi connectivity index (χ4v) is 1.80. The van der Waals surface area contributed by atoms with E-state index >= 15 is 0 Å². The van der Waals surface area contributed by atoms with Gasteiger partial charge in [0.1, 0.15) is 5.84 Å². The molecule has 2 nitrogen and oxygen atoms in total. The number of aliphatic imine (C=N–C) groups is 1. The highest BCUT2D eigenvalue weighted by atomic mass is 14.8. The fraction of sp³-hybridized carbons (Fsp3) is 0.188. The standard InChI is InChI=1S/C16H18N2/c1-12-6-8-15(9-7-12)16(17)18-11-14-5-3-4-13(2)10-14/h3-10H,11H2,1-2H3,(H2,17,18). The molecule has 0 saturated carbocycles. The molecule has 0 aromatic heterocycles. The lowest BCUT2D eigenvalue weighted by atomic mass is 10.1. The maximum Gasteiger partial charge on any atom is 0.125 e. The highest BCUT2D eigenvalue weighted by Crippen LogP contribution is 2.07. The molecule has 92 valence electrons. The Bertz CT molecular complexity index is 554. The van der Waals surface area contributed by atoms with Gasteiger partial charge in [-0.1, -0.05) is 59.7 Å². The normalized spacial score (nSPS) is 11.6. The van der Waals surface area contributed by atoms with E-state index in [1.165, 1.54) is 16.7 Å². The van der Waals surface area contributed by atoms with E-state index in [-0.39, 0.29) is 0 Å². The average molecular weight is 238 g/mol. The summed E-state index contributed by atoms with van der Waals surface area (Å²) in [6, 6.07) is 16.4. The van der Waals surface area contributed by atoms with Crippen LogP contribution in [0.1, 0.15) is 22.3 Å². The molecular formula is C16H18N2. The van der Waals surface area contributed by atoms with Gasteiger partial charge in [-0.05, 0) is 19.4 Å². The number of nitrogens with zero attached hydrogens (tertiary/aromatic N) is 1. The van der Waals surface area contributed by atoms with Crippen LogP contribution in [0.15, 0.2) is 53.5 Å². The van der Waals surface area contributed by atoms with E-state index in [1.807, 2.05) is 30.3 Å². The molecule has 18 heavy (non-hydrogen) atoms. The van der Waals surface area contributed by atoms with Crippen LogP contribution in [0.25, 0.3) is 0 Å². The summed E-state index contributed by atoms with van der Waals surface area (Å²) in [5.74, 6) is 0.594. The molecule has 2 heteroatoms. The van der Waals surface area contributed by atoms with Crippen molar-refractivity contribution in [2.75, 3.05) is 0 Å². The predicted octanol–water partition coefficient (Wildman–Crippen LogP) is 3.21. The molecule has 0 unspecified atom stereocenters. The molecule has 0 aliphatic rings. The van der Waals surface area contributed by atoms with Gasteiger partial charge in [-0.15, -0.1) is 0 Å². The van der Waals surface area contributed by atoms with Gasteiger partial charge in [0.05, 0.1) is 6.54 Å². The second-order valence-corrected chi connectivity index (χ2v) is 4.56. The Morgan fingerprint density at radius 3 is 2.39 bits per heavy atom. The van der Waals surface area contributed by atoms with Crippen molar-refractivity contribution in [1.82, 2.24) is 0 Å². The Morgan fingerprint density at radius 2 is 1.72 bits per heavy atom. The van der Waals surface area contributed by atoms with E-state index < -0.39 is 0 Å². The second kappa shape index (κ2) is 5.50. The van der Waals surface area contributed by atoms with Crippen molar-refractivity contribution in [1.29, 1.82) is 0 Å². The molecule has 0 aliphatic carbocycles. The summed E-state index contributed by atoms with van der Waals surface area (Å²) in [4.78, 5) is 4.43. The quantitative estimate of drug-likeness (QED) is 0.647. The van der Waals surface area contributed by atoms with Gasteiger partial charge in [0.2, 0.25) is 0 Å². The summed E-state index contributed by atoms with van der Waals surface area (Å²) in [6.07, 6.45) is 0. The van der Waals surface area contributed by atoms with Crippen molar-refractivity contribution in [3.63, 3.8) is 0 Å². The maximum absolute atomic E-state index is 5.98. The van der Waals surface area contributed by atoms with E-state index in [4.69, 9.17) is 5.73 Å². The Hall–Kier alpha value is -2.09. The molecule has 0 atom stereocenters. The molecule has 0 fully saturated rings. The fourth-order valence-electron chi connectivity index (χ4n) is 1.80. The number of hydrogen-bond donors (Lipinski definition) is 1. The molecule has 2 aromatic rings. The first-order chi connectivity index (χ1) is 8.65. The number of benzene rings is 2. The molecule has 2 aromatic carbocycles. The molecule has 2 N–H and O–H groups in total. The smallest absolute Gasteiger partial charge is 0.125 e. The van der Waals surface area contributed by atoms with Crippen LogP contribution in [-0.4, -0.2) is 5.84 Å². The zero-order chi connectivity index (χ0) is 13.0. The Morgan fingerprint density at radius 1 is 1.00 bits per heavy atom. The summed E-state index contributed by atoms with van der Waals surface area (Å²) in [6.45, 7) is 4.77. The van der Waals surface area contributed by atoms with Gasteiger partial charge < -0.3 is 5.73 Å². The maximum atomic E-state index is 5.98. The zero-order valence-electron chi connectivity index (χ0n) is 10.9. The molecule has 0 saturated heterocycles. The lowest BCUT2D eigenvalue weighted by molar-refractivity contribution is 1.06. The van der Waals surface area contributed by atoms with Crippen LogP contribution in [0.2, 0.25) is 0 Å². The largest absolute Gasteiger partial charge is 0.383 e. The van der Waals surface area contributed by atoms with Crippen LogP contribution in [-0.2, 0) is 6.54 Å². The molecule has 0 heterocycles. The molecule has 0 amide bonds. The third-order valence-electron chi connectivity index (χ3n) is 2.86. The van der Waals surface area contributed by atoms with E-state index in [0.29, 0.717) is 12.4 Å². The van der Waals surface area contributed by atoms with Crippen molar-refractivity contribution < 1.29 is 0 Å². The van der Waals surface area contributed by atoms with Gasteiger partial charge in [0.25, 0.3) is 0 Å². The topological polar surface area (TPSA) is 38.4 Å². The van der Waals surface area contributed by atoms with Crippen LogP contribution < -0.4 is 5.73 Å². The summed E-state index contributed by atoms with van der Waals surface area (Å²) < 4.78 is 0. The van der Waals surface area contributed by atoms with Gasteiger partial charge in [-0.25, -0.2) is 0 Å². The molecule has 0 bridgehead atoms. The zero-order valence-corrected chi connectivity index (χ0v) is 10.9. The van der Waals surface area contributed by atoms with Crippen molar-refractivity contribution in [3.05, 3.63) is 70.8 Å². The first-order valence-corrected chi connectivity index (χ1v) is 6.07. The second-order valence-electron chi connectivity index (χ2n) is 4.56. The van der Waals surface area contributed by atoms with Gasteiger partial charge >= 0.3 is 0 Å². The SMILES string of the molecule is Cc1ccc(C(N)=NCc2cccc(C)c2)cc1. The predicted molar refractivity (Wildman–Crippen MR) is 76.8 cm³/mol. The van der Waals surface area contributed by atoms with Crippen LogP contribution in [0.5, 0.6) is 0 Å². The summed E-state index contributed by atoms with van der Waals surface area (Å²) in [5.41, 5.74) is 10.6. The third-order valence-corrected chi connectivity index (χ3v) is 2.86. The molecule has 0 spiro atoms. The Kier molecular flexibility index (Phi) is 3.78. The van der Waals surface area contributed by atoms with E-state index in [1.54, 1.807) is 0 Å². The summed E-state index contributed by atoms with van der Waals surface area (Å²) >= 11 is 0. The Labute approximate surface area is 108 Å². The first-order valence-electron chi connectivity index (χ1n) is 6.07. The third kappa shape index (κ3) is 3.20. The average Bonchev–Trinajstić information content (AvgIpc) is 2.37. The summed E-state index contributed by atoms with van der Waals surface area (Å²) in [5, 5.41) is 0. The molecular weight excluding hydrogens is 220 g/mol. The number of amidine groups is 1. The molecule has 2 rings (SSSR count). The van der Waals surface area contributed by atoms with Gasteiger partial charge in [-0.2, -0.15) is 0 Å². The minimum absolute atomic E-state index is 0.594. The highest BCUT2D eigenvalue weighted by molar-refractivity contribution is 5.97. The van der Waals surface area contributed by atoms with E-state index in [0.717, 1.165) is 5.56 Å². The highest BCUT2D eigenvalue weighted by Gasteiger charge is 1.98. The van der Waals surface area contributed by atoms with Crippen molar-refractivity contribution in [2.24, 2.45) is 10.7 Å². The molecule has 0 aliphatic heterocycles. The Balaban J connectivity index is 2.11. The first kappa shape index (κ1) is 12.4. The number of hydrogen-bond acceptors (Lipinski definition) is 1. The monoisotopic (exact) mass is 238 g/mol. The number of aryl methyl sites for hydroxylation is 2. The van der Waals surface area contributed by atoms with Crippen LogP contribution in [0.4, 0.5) is 0 Å². The van der Waals surface area contributed by atoms with Crippen LogP contribution in [0, 0.1) is 13.8 Å². The van der Waals surface area contributed by atoms with Crippen molar-refractivity contribution >= 4 is 5.84 Å². The van der Waals surface area contributed by atoms with E-state index in [9.17, 15) is 0 Å². The van der Waals surface area contributed by atoms with Crippen LogP contribution >= 0.6 is 0 Å². The minimum Gasteiger partial charge on any atom is -0.383 e. The number of nitrogens with two attached hydrogens (primary N) is 1. The van der Waals surface area contributed by atoms with E-state index in [2.05, 4.69) is 37.0 Å². The summed E-state index contributed by atoms with van der Waals surface area (Å²) in [7, 11) is 0. The molecule has 0 radical (unpaired) electrons. The van der Waals surface area contributed by atoms with Gasteiger partial charge in [0.15, 0.2) is 0 Å². The van der Waals surface area contributed by atoms with Gasteiger partial charge in [-0.3, -0.25) is 4.99 Å². The number of rotatable bonds is 3.